The van der Waals surface area contributed by atoms with Gasteiger partial charge < -0.3 is 5.11 Å². The maximum atomic E-state index is 11.0. The van der Waals surface area contributed by atoms with Crippen molar-refractivity contribution in [3.8, 4) is 67.5 Å². The van der Waals surface area contributed by atoms with Crippen LogP contribution in [-0.4, -0.2) is 19.6 Å². The van der Waals surface area contributed by atoms with E-state index >= 15 is 0 Å². The number of rotatable bonds is 5. The number of phenolic OH excluding ortho intramolecular Hbond substituents is 1. The second-order valence-electron chi connectivity index (χ2n) is 13.3. The SMILES string of the molecule is [2H]C([2H])([2H])c1ccc(-c2ccnc(-c3[c-]c(-c4cccc5c4nc(-c4ccccc4O)n5-c4ccccc4)cc4c3C(C)(C)c3ccccc3-4)c2)cc1.[Pt]. The largest absolute Gasteiger partial charge is 0.507 e. The number of aromatic nitrogens is 3. The van der Waals surface area contributed by atoms with Crippen LogP contribution in [0.5, 0.6) is 5.75 Å². The molecule has 8 aromatic rings. The summed E-state index contributed by atoms with van der Waals surface area (Å²) < 4.78 is 25.5. The molecular formula is C46H34N3OPt-. The number of aryl methyl sites for hydroxylation is 1. The van der Waals surface area contributed by atoms with Gasteiger partial charge in [-0.3, -0.25) is 9.55 Å². The normalized spacial score (nSPS) is 13.8. The molecule has 1 N–H and O–H groups in total. The quantitative estimate of drug-likeness (QED) is 0.176. The van der Waals surface area contributed by atoms with Gasteiger partial charge in [0.15, 0.2) is 0 Å². The van der Waals surface area contributed by atoms with Crippen molar-refractivity contribution in [1.29, 1.82) is 0 Å². The number of nitrogens with zero attached hydrogens (tertiary/aromatic N) is 3. The summed E-state index contributed by atoms with van der Waals surface area (Å²) in [5, 5.41) is 11.0. The number of fused-ring (bicyclic) bond motifs is 4. The number of phenols is 1. The minimum atomic E-state index is -2.17. The van der Waals surface area contributed by atoms with E-state index in [4.69, 9.17) is 14.1 Å². The van der Waals surface area contributed by atoms with Crippen molar-refractivity contribution < 1.29 is 30.3 Å². The number of hydrogen-bond donors (Lipinski definition) is 1. The van der Waals surface area contributed by atoms with E-state index < -0.39 is 6.85 Å². The third kappa shape index (κ3) is 5.34. The summed E-state index contributed by atoms with van der Waals surface area (Å²) in [6.45, 7) is 2.35. The van der Waals surface area contributed by atoms with Crippen LogP contribution in [0.2, 0.25) is 0 Å². The van der Waals surface area contributed by atoms with E-state index in [0.717, 1.165) is 61.4 Å². The summed E-state index contributed by atoms with van der Waals surface area (Å²) in [6.07, 6.45) is 1.81. The molecule has 5 heteroatoms. The Bertz CT molecular complexity index is 2700. The number of pyridine rings is 1. The van der Waals surface area contributed by atoms with Gasteiger partial charge in [-0.15, -0.1) is 17.7 Å². The minimum absolute atomic E-state index is 0. The van der Waals surface area contributed by atoms with E-state index in [1.54, 1.807) is 18.2 Å². The van der Waals surface area contributed by atoms with E-state index in [-0.39, 0.29) is 32.2 Å². The van der Waals surface area contributed by atoms with Gasteiger partial charge in [0.05, 0.1) is 16.6 Å². The van der Waals surface area contributed by atoms with Crippen molar-refractivity contribution in [3.63, 3.8) is 0 Å². The molecule has 0 spiro atoms. The third-order valence-corrected chi connectivity index (χ3v) is 9.95. The molecule has 0 amide bonds. The molecule has 0 saturated carbocycles. The topological polar surface area (TPSA) is 50.9 Å². The summed E-state index contributed by atoms with van der Waals surface area (Å²) >= 11 is 0. The van der Waals surface area contributed by atoms with Crippen molar-refractivity contribution in [1.82, 2.24) is 14.5 Å². The molecule has 2 aromatic heterocycles. The second-order valence-corrected chi connectivity index (χ2v) is 13.3. The first-order valence-corrected chi connectivity index (χ1v) is 16.7. The van der Waals surface area contributed by atoms with E-state index in [9.17, 15) is 5.11 Å². The van der Waals surface area contributed by atoms with Crippen molar-refractivity contribution in [3.05, 3.63) is 168 Å². The maximum absolute atomic E-state index is 11.0. The molecule has 0 aliphatic heterocycles. The zero-order valence-corrected chi connectivity index (χ0v) is 30.2. The third-order valence-electron chi connectivity index (χ3n) is 9.95. The van der Waals surface area contributed by atoms with Gasteiger partial charge in [0.25, 0.3) is 0 Å². The molecule has 0 unspecified atom stereocenters. The zero-order valence-electron chi connectivity index (χ0n) is 31.0. The van der Waals surface area contributed by atoms with Gasteiger partial charge in [-0.2, -0.15) is 0 Å². The number of aromatic hydroxyl groups is 1. The Morgan fingerprint density at radius 2 is 1.43 bits per heavy atom. The molecular weight excluding hydrogens is 806 g/mol. The average molecular weight is 843 g/mol. The van der Waals surface area contributed by atoms with Crippen LogP contribution in [-0.2, 0) is 26.5 Å². The van der Waals surface area contributed by atoms with Crippen molar-refractivity contribution >= 4 is 11.0 Å². The predicted octanol–water partition coefficient (Wildman–Crippen LogP) is 11.2. The standard InChI is InChI=1S/C46H34N3O.Pt/c1-29-20-22-30(23-21-29)31-24-25-47-40(28-31)38-27-32(26-37-35-14-7-9-17-39(35)46(2,3)43(37)38)34-16-11-18-41-44(34)48-45(36-15-8-10-19-42(36)50)49(41)33-12-5-4-6-13-33;/h4-26,28,50H,1-3H3;/q-1;/i1D3;. The smallest absolute Gasteiger partial charge is 0.148 e. The average Bonchev–Trinajstić information content (AvgIpc) is 3.67. The fraction of sp³-hybridized carbons (Fsp3) is 0.0870. The van der Waals surface area contributed by atoms with Gasteiger partial charge in [0.1, 0.15) is 11.6 Å². The number of benzene rings is 6. The van der Waals surface area contributed by atoms with Gasteiger partial charge in [0, 0.05) is 42.8 Å². The van der Waals surface area contributed by atoms with Crippen LogP contribution in [0.3, 0.4) is 0 Å². The molecule has 9 rings (SSSR count). The van der Waals surface area contributed by atoms with Gasteiger partial charge in [0.2, 0.25) is 0 Å². The Kier molecular flexibility index (Phi) is 7.23. The minimum Gasteiger partial charge on any atom is -0.507 e. The Labute approximate surface area is 316 Å². The first kappa shape index (κ1) is 29.2. The summed E-state index contributed by atoms with van der Waals surface area (Å²) in [6, 6.07) is 49.3. The Hall–Kier alpha value is -5.57. The fourth-order valence-electron chi connectivity index (χ4n) is 7.59. The van der Waals surface area contributed by atoms with Crippen LogP contribution in [0.15, 0.2) is 146 Å². The first-order chi connectivity index (χ1) is 25.6. The van der Waals surface area contributed by atoms with Crippen LogP contribution in [0, 0.1) is 12.9 Å². The molecule has 4 nitrogen and oxygen atoms in total. The summed E-state index contributed by atoms with van der Waals surface area (Å²) in [4.78, 5) is 10.2. The first-order valence-electron chi connectivity index (χ1n) is 18.2. The van der Waals surface area contributed by atoms with Crippen molar-refractivity contribution in [2.24, 2.45) is 0 Å². The summed E-state index contributed by atoms with van der Waals surface area (Å²) in [7, 11) is 0. The predicted molar refractivity (Wildman–Crippen MR) is 203 cm³/mol. The molecule has 0 fully saturated rings. The zero-order chi connectivity index (χ0) is 36.5. The number of imidazole rings is 1. The Morgan fingerprint density at radius 1 is 0.706 bits per heavy atom. The molecule has 1 aliphatic rings. The molecule has 0 radical (unpaired) electrons. The molecule has 0 atom stereocenters. The van der Waals surface area contributed by atoms with Crippen molar-refractivity contribution in [2.75, 3.05) is 0 Å². The fourth-order valence-corrected chi connectivity index (χ4v) is 7.59. The van der Waals surface area contributed by atoms with Crippen LogP contribution < -0.4 is 0 Å². The summed E-state index contributed by atoms with van der Waals surface area (Å²) in [5.41, 5.74) is 13.3. The molecule has 250 valence electrons. The number of para-hydroxylation sites is 3. The molecule has 51 heavy (non-hydrogen) atoms. The Morgan fingerprint density at radius 3 is 2.22 bits per heavy atom. The Balaban J connectivity index is 0.00000413. The van der Waals surface area contributed by atoms with Crippen LogP contribution in [0.4, 0.5) is 0 Å². The van der Waals surface area contributed by atoms with E-state index in [1.807, 2.05) is 79.0 Å². The van der Waals surface area contributed by atoms with E-state index in [2.05, 4.69) is 73.0 Å². The van der Waals surface area contributed by atoms with Gasteiger partial charge in [-0.05, 0) is 70.9 Å². The maximum Gasteiger partial charge on any atom is 0.148 e. The van der Waals surface area contributed by atoms with Gasteiger partial charge in [-0.25, -0.2) is 4.98 Å². The van der Waals surface area contributed by atoms with E-state index in [0.29, 0.717) is 17.0 Å². The van der Waals surface area contributed by atoms with Crippen LogP contribution in [0.1, 0.15) is 34.7 Å². The summed E-state index contributed by atoms with van der Waals surface area (Å²) in [5.74, 6) is 0.800. The van der Waals surface area contributed by atoms with Gasteiger partial charge in [-0.1, -0.05) is 139 Å². The molecule has 0 bridgehead atoms. The van der Waals surface area contributed by atoms with Crippen LogP contribution in [0.25, 0.3) is 72.7 Å². The molecule has 2 heterocycles. The molecule has 0 saturated heterocycles. The monoisotopic (exact) mass is 842 g/mol. The molecule has 6 aromatic carbocycles. The molecule has 1 aliphatic carbocycles. The number of hydrogen-bond acceptors (Lipinski definition) is 3. The van der Waals surface area contributed by atoms with E-state index in [1.165, 1.54) is 11.1 Å². The van der Waals surface area contributed by atoms with Crippen molar-refractivity contribution in [2.45, 2.75) is 26.1 Å². The second kappa shape index (κ2) is 12.6. The van der Waals surface area contributed by atoms with Gasteiger partial charge >= 0.3 is 0 Å². The van der Waals surface area contributed by atoms with Crippen LogP contribution >= 0.6 is 0 Å².